The maximum Gasteiger partial charge on any atom is 0.322 e. The molecule has 166 valence electrons. The predicted molar refractivity (Wildman–Crippen MR) is 126 cm³/mol. The molecule has 2 amide bonds. The van der Waals surface area contributed by atoms with E-state index in [1.165, 1.54) is 6.07 Å². The average Bonchev–Trinajstić information content (AvgIpc) is 2.77. The van der Waals surface area contributed by atoms with Crippen molar-refractivity contribution in [1.82, 2.24) is 4.90 Å². The van der Waals surface area contributed by atoms with Crippen LogP contribution in [-0.4, -0.2) is 31.7 Å². The number of carbonyl (C=O) groups excluding carboxylic acids is 1. The first-order valence-electron chi connectivity index (χ1n) is 9.90. The first kappa shape index (κ1) is 23.0. The summed E-state index contributed by atoms with van der Waals surface area (Å²) in [6.45, 7) is 2.72. The van der Waals surface area contributed by atoms with Crippen molar-refractivity contribution < 1.29 is 13.2 Å². The Morgan fingerprint density at radius 2 is 1.72 bits per heavy atom. The van der Waals surface area contributed by atoms with Gasteiger partial charge in [0.05, 0.1) is 4.90 Å². The standard InChI is InChI=1S/C23H25N5O3S/c1-2-28(15-16-6-5-7-18(14-16)22(24)25)23(29)27-19-12-10-17(11-13-19)20-8-3-4-9-21(20)32(26,30)31/h3-14H,2,15H2,1H3,(H3,24,25)(H,27,29)(H2,26,30,31). The van der Waals surface area contributed by atoms with Crippen LogP contribution in [0.25, 0.3) is 11.1 Å². The summed E-state index contributed by atoms with van der Waals surface area (Å²) in [5.41, 5.74) is 8.75. The van der Waals surface area contributed by atoms with Crippen molar-refractivity contribution >= 4 is 27.6 Å². The predicted octanol–water partition coefficient (Wildman–Crippen LogP) is 3.34. The maximum atomic E-state index is 12.8. The molecule has 0 bridgehead atoms. The van der Waals surface area contributed by atoms with Crippen LogP contribution >= 0.6 is 0 Å². The van der Waals surface area contributed by atoms with E-state index in [2.05, 4.69) is 5.32 Å². The SMILES string of the molecule is CCN(Cc1cccc(C(=N)N)c1)C(=O)Nc1ccc(-c2ccccc2S(N)(=O)=O)cc1. The van der Waals surface area contributed by atoms with Crippen molar-refractivity contribution in [3.63, 3.8) is 0 Å². The highest BCUT2D eigenvalue weighted by Crippen LogP contribution is 2.27. The molecule has 0 aliphatic carbocycles. The van der Waals surface area contributed by atoms with Gasteiger partial charge in [-0.2, -0.15) is 0 Å². The third-order valence-corrected chi connectivity index (χ3v) is 5.89. The maximum absolute atomic E-state index is 12.8. The number of urea groups is 1. The largest absolute Gasteiger partial charge is 0.384 e. The zero-order valence-electron chi connectivity index (χ0n) is 17.6. The number of nitrogens with one attached hydrogen (secondary N) is 2. The van der Waals surface area contributed by atoms with Gasteiger partial charge in [0.15, 0.2) is 0 Å². The lowest BCUT2D eigenvalue weighted by Gasteiger charge is -2.22. The fraction of sp³-hybridized carbons (Fsp3) is 0.130. The van der Waals surface area contributed by atoms with Gasteiger partial charge >= 0.3 is 6.03 Å². The number of sulfonamides is 1. The minimum Gasteiger partial charge on any atom is -0.384 e. The second-order valence-electron chi connectivity index (χ2n) is 7.18. The first-order valence-corrected chi connectivity index (χ1v) is 11.4. The van der Waals surface area contributed by atoms with E-state index in [-0.39, 0.29) is 16.8 Å². The zero-order chi connectivity index (χ0) is 23.3. The quantitative estimate of drug-likeness (QED) is 0.323. The molecule has 3 aromatic rings. The number of amides is 2. The number of hydrogen-bond acceptors (Lipinski definition) is 4. The van der Waals surface area contributed by atoms with E-state index in [0.717, 1.165) is 5.56 Å². The molecular formula is C23H25N5O3S. The summed E-state index contributed by atoms with van der Waals surface area (Å²) in [7, 11) is -3.86. The minimum absolute atomic E-state index is 0.0246. The number of benzene rings is 3. The number of primary sulfonamides is 1. The summed E-state index contributed by atoms with van der Waals surface area (Å²) in [6.07, 6.45) is 0. The van der Waals surface area contributed by atoms with Gasteiger partial charge in [-0.25, -0.2) is 18.4 Å². The summed E-state index contributed by atoms with van der Waals surface area (Å²) >= 11 is 0. The molecule has 0 radical (unpaired) electrons. The van der Waals surface area contributed by atoms with E-state index >= 15 is 0 Å². The number of hydrogen-bond donors (Lipinski definition) is 4. The molecule has 6 N–H and O–H groups in total. The Labute approximate surface area is 187 Å². The number of amidine groups is 1. The van der Waals surface area contributed by atoms with Gasteiger partial charge in [0.2, 0.25) is 10.0 Å². The topological polar surface area (TPSA) is 142 Å². The summed E-state index contributed by atoms with van der Waals surface area (Å²) in [4.78, 5) is 14.4. The molecular weight excluding hydrogens is 426 g/mol. The number of rotatable bonds is 7. The van der Waals surface area contributed by atoms with Crippen molar-refractivity contribution in [1.29, 1.82) is 5.41 Å². The molecule has 0 saturated heterocycles. The van der Waals surface area contributed by atoms with Crippen molar-refractivity contribution in [2.75, 3.05) is 11.9 Å². The highest BCUT2D eigenvalue weighted by atomic mass is 32.2. The molecule has 0 heterocycles. The number of carbonyl (C=O) groups is 1. The van der Waals surface area contributed by atoms with Crippen LogP contribution in [0.2, 0.25) is 0 Å². The van der Waals surface area contributed by atoms with Crippen LogP contribution in [0.5, 0.6) is 0 Å². The van der Waals surface area contributed by atoms with Crippen molar-refractivity contribution in [3.8, 4) is 11.1 Å². The molecule has 0 fully saturated rings. The normalized spacial score (nSPS) is 11.1. The van der Waals surface area contributed by atoms with Gasteiger partial charge in [-0.05, 0) is 42.3 Å². The summed E-state index contributed by atoms with van der Waals surface area (Å²) in [5, 5.41) is 15.7. The molecule has 0 unspecified atom stereocenters. The fourth-order valence-corrected chi connectivity index (χ4v) is 4.03. The average molecular weight is 452 g/mol. The monoisotopic (exact) mass is 451 g/mol. The smallest absolute Gasteiger partial charge is 0.322 e. The second kappa shape index (κ2) is 9.63. The Hall–Kier alpha value is -3.69. The fourth-order valence-electron chi connectivity index (χ4n) is 3.27. The van der Waals surface area contributed by atoms with E-state index in [4.69, 9.17) is 16.3 Å². The Morgan fingerprint density at radius 3 is 2.34 bits per heavy atom. The summed E-state index contributed by atoms with van der Waals surface area (Å²) in [5.74, 6) is -0.0246. The molecule has 3 rings (SSSR count). The van der Waals surface area contributed by atoms with Crippen LogP contribution in [0.15, 0.2) is 77.7 Å². The molecule has 0 atom stereocenters. The molecule has 0 aromatic heterocycles. The minimum atomic E-state index is -3.86. The molecule has 8 nitrogen and oxygen atoms in total. The zero-order valence-corrected chi connectivity index (χ0v) is 18.4. The molecule has 0 aliphatic heterocycles. The van der Waals surface area contributed by atoms with Crippen molar-refractivity contribution in [2.45, 2.75) is 18.4 Å². The molecule has 3 aromatic carbocycles. The van der Waals surface area contributed by atoms with Gasteiger partial charge in [0, 0.05) is 29.9 Å². The number of nitrogens with zero attached hydrogens (tertiary/aromatic N) is 1. The number of nitrogen functional groups attached to an aromatic ring is 1. The highest BCUT2D eigenvalue weighted by molar-refractivity contribution is 7.89. The van der Waals surface area contributed by atoms with E-state index in [1.807, 2.05) is 13.0 Å². The Morgan fingerprint density at radius 1 is 1.03 bits per heavy atom. The van der Waals surface area contributed by atoms with Crippen molar-refractivity contribution in [3.05, 3.63) is 83.9 Å². The molecule has 32 heavy (non-hydrogen) atoms. The first-order chi connectivity index (χ1) is 15.2. The van der Waals surface area contributed by atoms with Crippen LogP contribution < -0.4 is 16.2 Å². The molecule has 0 aliphatic rings. The van der Waals surface area contributed by atoms with Gasteiger partial charge in [-0.1, -0.05) is 48.5 Å². The van der Waals surface area contributed by atoms with E-state index < -0.39 is 10.0 Å². The van der Waals surface area contributed by atoms with E-state index in [9.17, 15) is 13.2 Å². The molecule has 0 saturated carbocycles. The van der Waals surface area contributed by atoms with E-state index in [0.29, 0.717) is 35.5 Å². The Balaban J connectivity index is 1.74. The van der Waals surface area contributed by atoms with E-state index in [1.54, 1.807) is 65.6 Å². The van der Waals surface area contributed by atoms with Gasteiger partial charge in [0.25, 0.3) is 0 Å². The van der Waals surface area contributed by atoms with Crippen LogP contribution in [-0.2, 0) is 16.6 Å². The van der Waals surface area contributed by atoms with Crippen LogP contribution in [0.4, 0.5) is 10.5 Å². The molecule has 9 heteroatoms. The molecule has 0 spiro atoms. The Kier molecular flexibility index (Phi) is 6.92. The lowest BCUT2D eigenvalue weighted by Crippen LogP contribution is -2.34. The van der Waals surface area contributed by atoms with Gasteiger partial charge in [-0.15, -0.1) is 0 Å². The van der Waals surface area contributed by atoms with Gasteiger partial charge in [-0.3, -0.25) is 5.41 Å². The lowest BCUT2D eigenvalue weighted by molar-refractivity contribution is 0.212. The van der Waals surface area contributed by atoms with Crippen LogP contribution in [0, 0.1) is 5.41 Å². The third kappa shape index (κ3) is 5.51. The summed E-state index contributed by atoms with van der Waals surface area (Å²) in [6, 6.07) is 20.3. The number of nitrogens with two attached hydrogens (primary N) is 2. The van der Waals surface area contributed by atoms with Crippen molar-refractivity contribution in [2.24, 2.45) is 10.9 Å². The van der Waals surface area contributed by atoms with Crippen LogP contribution in [0.1, 0.15) is 18.1 Å². The van der Waals surface area contributed by atoms with Crippen LogP contribution in [0.3, 0.4) is 0 Å². The number of anilines is 1. The lowest BCUT2D eigenvalue weighted by atomic mass is 10.1. The third-order valence-electron chi connectivity index (χ3n) is 4.92. The summed E-state index contributed by atoms with van der Waals surface area (Å²) < 4.78 is 23.7. The Bertz CT molecular complexity index is 1240. The second-order valence-corrected chi connectivity index (χ2v) is 8.71. The highest BCUT2D eigenvalue weighted by Gasteiger charge is 2.16. The van der Waals surface area contributed by atoms with Gasteiger partial charge < -0.3 is 16.0 Å². The van der Waals surface area contributed by atoms with Gasteiger partial charge in [0.1, 0.15) is 5.84 Å².